The van der Waals surface area contributed by atoms with E-state index in [0.717, 1.165) is 25.1 Å². The average molecular weight is 584 g/mol. The topological polar surface area (TPSA) is 107 Å². The van der Waals surface area contributed by atoms with Crippen molar-refractivity contribution < 1.29 is 9.90 Å². The Bertz CT molecular complexity index is 1560. The number of aliphatic hydroxyl groups is 1. The molecule has 43 heavy (non-hydrogen) atoms. The van der Waals surface area contributed by atoms with Crippen LogP contribution in [0.4, 0.5) is 17.3 Å². The first-order chi connectivity index (χ1) is 20.9. The molecule has 0 radical (unpaired) electrons. The van der Waals surface area contributed by atoms with Crippen LogP contribution in [0.5, 0.6) is 0 Å². The molecule has 1 amide bonds. The number of likely N-dealkylation sites (N-methyl/N-ethyl adjacent to an activating group) is 1. The Kier molecular flexibility index (Phi) is 8.32. The van der Waals surface area contributed by atoms with Crippen LogP contribution in [0, 0.1) is 5.92 Å². The number of hydrogen-bond donors (Lipinski definition) is 2. The molecule has 5 heterocycles. The maximum Gasteiger partial charge on any atom is 0.274 e. The largest absolute Gasteiger partial charge is 0.392 e. The van der Waals surface area contributed by atoms with E-state index < -0.39 is 0 Å². The maximum atomic E-state index is 13.1. The molecule has 1 saturated heterocycles. The highest BCUT2D eigenvalue weighted by Crippen LogP contribution is 2.37. The monoisotopic (exact) mass is 583 g/mol. The van der Waals surface area contributed by atoms with E-state index in [9.17, 15) is 14.7 Å². The Hall–Kier alpha value is -4.02. The predicted octanol–water partition coefficient (Wildman–Crippen LogP) is 3.85. The number of hydrogen-bond acceptors (Lipinski definition) is 8. The fourth-order valence-electron chi connectivity index (χ4n) is 7.03. The van der Waals surface area contributed by atoms with Gasteiger partial charge in [0.1, 0.15) is 17.3 Å². The molecule has 2 atom stereocenters. The van der Waals surface area contributed by atoms with Crippen LogP contribution in [0.3, 0.4) is 0 Å². The second-order valence-electron chi connectivity index (χ2n) is 12.2. The minimum Gasteiger partial charge on any atom is -0.392 e. The second kappa shape index (κ2) is 12.3. The smallest absolute Gasteiger partial charge is 0.274 e. The van der Waals surface area contributed by atoms with Crippen LogP contribution < -0.4 is 15.8 Å². The van der Waals surface area contributed by atoms with Gasteiger partial charge in [0.15, 0.2) is 0 Å². The van der Waals surface area contributed by atoms with Gasteiger partial charge in [0.05, 0.1) is 6.61 Å². The van der Waals surface area contributed by atoms with Crippen LogP contribution in [0.15, 0.2) is 59.4 Å². The molecule has 3 aromatic heterocycles. The minimum atomic E-state index is -0.304. The fraction of sp³-hybridized carbons (Fsp3) is 0.455. The van der Waals surface area contributed by atoms with E-state index in [1.165, 1.54) is 41.5 Å². The van der Waals surface area contributed by atoms with Gasteiger partial charge >= 0.3 is 0 Å². The van der Waals surface area contributed by atoms with Gasteiger partial charge in [0.25, 0.3) is 5.56 Å². The summed E-state index contributed by atoms with van der Waals surface area (Å²) in [6.45, 7) is 5.06. The van der Waals surface area contributed by atoms with Gasteiger partial charge in [-0.3, -0.25) is 14.5 Å². The molecular weight excluding hydrogens is 542 g/mol. The lowest BCUT2D eigenvalue weighted by atomic mass is 9.86. The molecule has 1 aliphatic carbocycles. The summed E-state index contributed by atoms with van der Waals surface area (Å²) in [5.74, 6) is 2.10. The number of rotatable bonds is 10. The molecule has 6 rings (SSSR count). The van der Waals surface area contributed by atoms with Crippen LogP contribution in [0.25, 0.3) is 11.1 Å². The van der Waals surface area contributed by atoms with Gasteiger partial charge < -0.3 is 24.8 Å². The second-order valence-corrected chi connectivity index (χ2v) is 12.2. The summed E-state index contributed by atoms with van der Waals surface area (Å²) in [5.41, 5.74) is 4.61. The summed E-state index contributed by atoms with van der Waals surface area (Å²) in [6.07, 6.45) is 13.4. The molecule has 3 aromatic rings. The number of carbonyl (C=O) groups is 1. The summed E-state index contributed by atoms with van der Waals surface area (Å²) < 4.78 is 1.51. The fourth-order valence-corrected chi connectivity index (χ4v) is 7.03. The number of amides is 1. The molecule has 10 nitrogen and oxygen atoms in total. The lowest BCUT2D eigenvalue weighted by Crippen LogP contribution is -2.41. The lowest BCUT2D eigenvalue weighted by molar-refractivity contribution is -0.107. The molecule has 2 N–H and O–H groups in total. The van der Waals surface area contributed by atoms with Gasteiger partial charge in [-0.2, -0.15) is 0 Å². The van der Waals surface area contributed by atoms with Crippen molar-refractivity contribution in [1.82, 2.24) is 24.3 Å². The van der Waals surface area contributed by atoms with Gasteiger partial charge in [0.2, 0.25) is 6.41 Å². The number of aromatic nitrogens is 3. The first kappa shape index (κ1) is 29.1. The third kappa shape index (κ3) is 5.81. The van der Waals surface area contributed by atoms with E-state index in [1.807, 2.05) is 18.3 Å². The van der Waals surface area contributed by atoms with Crippen molar-refractivity contribution in [3.05, 3.63) is 76.1 Å². The van der Waals surface area contributed by atoms with Gasteiger partial charge in [-0.15, -0.1) is 0 Å². The zero-order valence-electron chi connectivity index (χ0n) is 25.2. The third-order valence-electron chi connectivity index (χ3n) is 9.34. The molecule has 0 spiro atoms. The molecule has 0 aromatic carbocycles. The predicted molar refractivity (Wildman–Crippen MR) is 168 cm³/mol. The summed E-state index contributed by atoms with van der Waals surface area (Å²) in [6, 6.07) is 8.04. The summed E-state index contributed by atoms with van der Waals surface area (Å²) in [7, 11) is 3.80. The highest BCUT2D eigenvalue weighted by atomic mass is 16.3. The molecule has 2 fully saturated rings. The summed E-state index contributed by atoms with van der Waals surface area (Å²) in [4.78, 5) is 40.8. The number of anilines is 3. The molecule has 0 bridgehead atoms. The Morgan fingerprint density at radius 3 is 2.67 bits per heavy atom. The van der Waals surface area contributed by atoms with E-state index in [2.05, 4.69) is 51.2 Å². The van der Waals surface area contributed by atoms with Crippen LogP contribution in [0.1, 0.15) is 49.7 Å². The highest BCUT2D eigenvalue weighted by Gasteiger charge is 2.34. The van der Waals surface area contributed by atoms with Crippen molar-refractivity contribution in [2.45, 2.75) is 51.2 Å². The molecule has 2 unspecified atom stereocenters. The zero-order chi connectivity index (χ0) is 30.1. The van der Waals surface area contributed by atoms with Crippen LogP contribution in [0.2, 0.25) is 0 Å². The number of aliphatic hydroxyl groups excluding tert-OH is 1. The van der Waals surface area contributed by atoms with Crippen molar-refractivity contribution in [3.63, 3.8) is 0 Å². The van der Waals surface area contributed by atoms with Gasteiger partial charge in [-0.05, 0) is 62.1 Å². The Labute approximate surface area is 252 Å². The summed E-state index contributed by atoms with van der Waals surface area (Å²) in [5, 5.41) is 13.7. The van der Waals surface area contributed by atoms with E-state index >= 15 is 0 Å². The first-order valence-electron chi connectivity index (χ1n) is 15.2. The number of fused-ring (bicyclic) bond motifs is 1. The lowest BCUT2D eigenvalue weighted by Gasteiger charge is -2.36. The summed E-state index contributed by atoms with van der Waals surface area (Å²) >= 11 is 0. The number of nitrogens with zero attached hydrogens (tertiary/aromatic N) is 6. The van der Waals surface area contributed by atoms with Crippen molar-refractivity contribution in [3.8, 4) is 11.1 Å². The number of allylic oxidation sites excluding steroid dienone is 1. The van der Waals surface area contributed by atoms with Crippen molar-refractivity contribution in [1.29, 1.82) is 0 Å². The third-order valence-corrected chi connectivity index (χ3v) is 9.34. The van der Waals surface area contributed by atoms with Crippen molar-refractivity contribution in [2.24, 2.45) is 13.0 Å². The molecule has 10 heteroatoms. The van der Waals surface area contributed by atoms with Crippen LogP contribution in [-0.4, -0.2) is 75.1 Å². The molecule has 2 aliphatic heterocycles. The molecule has 3 aliphatic rings. The highest BCUT2D eigenvalue weighted by molar-refractivity contribution is 5.81. The average Bonchev–Trinajstić information content (AvgIpc) is 3.33. The van der Waals surface area contributed by atoms with Crippen LogP contribution in [-0.2, 0) is 18.4 Å². The number of pyridine rings is 3. The quantitative estimate of drug-likeness (QED) is 0.347. The Morgan fingerprint density at radius 1 is 1.14 bits per heavy atom. The van der Waals surface area contributed by atoms with Gasteiger partial charge in [0, 0.05) is 80.6 Å². The standard InChI is InChI=1S/C33H41N7O3/c1-22-14-23-6-4-5-7-30(23)40(22)13-12-39(21-42)32-28(20-41)27(10-11-34-32)25-15-29(33(43)38(3)19-25)36-31-9-8-24(16-35-31)26-17-37(2)18-26/h8-11,14-16,19,21,23,26,30,41H,4-7,12-13,17-18,20H2,1-3H3,(H,35,36). The molecular formula is C33H41N7O3. The SMILES string of the molecule is CC1=CC2CCCCC2N1CCN(C=O)c1nccc(-c2cc(Nc3ccc(C4CN(C)C4)cn3)c(=O)n(C)c2)c1CO. The first-order valence-corrected chi connectivity index (χ1v) is 15.2. The number of aryl methyl sites for hydroxylation is 1. The maximum absolute atomic E-state index is 13.1. The van der Waals surface area contributed by atoms with Gasteiger partial charge in [-0.1, -0.05) is 25.0 Å². The van der Waals surface area contributed by atoms with E-state index in [4.69, 9.17) is 0 Å². The molecule has 1 saturated carbocycles. The van der Waals surface area contributed by atoms with E-state index in [1.54, 1.807) is 30.4 Å². The Morgan fingerprint density at radius 2 is 1.95 bits per heavy atom. The van der Waals surface area contributed by atoms with Crippen LogP contribution >= 0.6 is 0 Å². The van der Waals surface area contributed by atoms with Crippen molar-refractivity contribution in [2.75, 3.05) is 43.4 Å². The molecule has 226 valence electrons. The number of likely N-dealkylation sites (tertiary alicyclic amines) is 1. The van der Waals surface area contributed by atoms with Crippen molar-refractivity contribution >= 4 is 23.7 Å². The number of carbonyl (C=O) groups excluding carboxylic acids is 1. The van der Waals surface area contributed by atoms with Gasteiger partial charge in [-0.25, -0.2) is 9.97 Å². The Balaban J connectivity index is 1.24. The normalized spacial score (nSPS) is 20.4. The minimum absolute atomic E-state index is 0.195. The number of nitrogens with one attached hydrogen (secondary N) is 1. The van der Waals surface area contributed by atoms with E-state index in [0.29, 0.717) is 59.4 Å². The van der Waals surface area contributed by atoms with E-state index in [-0.39, 0.29) is 12.2 Å². The zero-order valence-corrected chi connectivity index (χ0v) is 25.2.